The molecule has 1 aromatic heterocycles. The van der Waals surface area contributed by atoms with Crippen LogP contribution in [0.2, 0.25) is 0 Å². The van der Waals surface area contributed by atoms with Crippen LogP contribution in [-0.4, -0.2) is 40.8 Å². The molecule has 16 heavy (non-hydrogen) atoms. The van der Waals surface area contributed by atoms with Crippen molar-refractivity contribution in [1.82, 2.24) is 14.9 Å². The monoisotopic (exact) mass is 221 g/mol. The number of nitrogens with one attached hydrogen (secondary N) is 1. The molecule has 88 valence electrons. The lowest BCUT2D eigenvalue weighted by Gasteiger charge is -2.13. The summed E-state index contributed by atoms with van der Waals surface area (Å²) >= 11 is 0. The summed E-state index contributed by atoms with van der Waals surface area (Å²) in [6.45, 7) is 3.24. The number of H-pyrrole nitrogens is 1. The average Bonchev–Trinajstić information content (AvgIpc) is 2.95. The van der Waals surface area contributed by atoms with Crippen molar-refractivity contribution in [2.24, 2.45) is 5.92 Å². The molecule has 0 spiro atoms. The summed E-state index contributed by atoms with van der Waals surface area (Å²) in [7, 11) is 0. The second kappa shape index (κ2) is 5.80. The van der Waals surface area contributed by atoms with Crippen molar-refractivity contribution < 1.29 is 4.79 Å². The lowest BCUT2D eigenvalue weighted by atomic mass is 10.0. The molecular weight excluding hydrogens is 202 g/mol. The fourth-order valence-electron chi connectivity index (χ4n) is 2.37. The van der Waals surface area contributed by atoms with Crippen molar-refractivity contribution in [3.05, 3.63) is 18.2 Å². The number of aryl methyl sites for hydroxylation is 1. The third-order valence-electron chi connectivity index (χ3n) is 3.31. The molecule has 0 bridgehead atoms. The second-order valence-electron chi connectivity index (χ2n) is 4.53. The maximum absolute atomic E-state index is 10.3. The summed E-state index contributed by atoms with van der Waals surface area (Å²) in [6.07, 6.45) is 8.91. The molecule has 0 aliphatic carbocycles. The van der Waals surface area contributed by atoms with Gasteiger partial charge in [-0.1, -0.05) is 0 Å². The molecule has 1 aromatic rings. The molecular formula is C12H19N3O. The SMILES string of the molecule is O=CCCN1CCC(CCc2cnc[nH]2)C1. The van der Waals surface area contributed by atoms with Crippen LogP contribution in [0.1, 0.15) is 25.0 Å². The second-order valence-corrected chi connectivity index (χ2v) is 4.53. The molecule has 1 aliphatic rings. The number of aromatic nitrogens is 2. The lowest BCUT2D eigenvalue weighted by Crippen LogP contribution is -2.22. The minimum absolute atomic E-state index is 0.674. The zero-order valence-corrected chi connectivity index (χ0v) is 9.56. The van der Waals surface area contributed by atoms with Crippen LogP contribution in [0.5, 0.6) is 0 Å². The molecule has 0 amide bonds. The normalized spacial score (nSPS) is 21.4. The van der Waals surface area contributed by atoms with Crippen LogP contribution >= 0.6 is 0 Å². The topological polar surface area (TPSA) is 49.0 Å². The van der Waals surface area contributed by atoms with Gasteiger partial charge in [-0.25, -0.2) is 4.98 Å². The van der Waals surface area contributed by atoms with E-state index in [2.05, 4.69) is 14.9 Å². The molecule has 1 unspecified atom stereocenters. The van der Waals surface area contributed by atoms with E-state index >= 15 is 0 Å². The maximum atomic E-state index is 10.3. The number of carbonyl (C=O) groups excluding carboxylic acids is 1. The summed E-state index contributed by atoms with van der Waals surface area (Å²) in [5, 5.41) is 0. The van der Waals surface area contributed by atoms with Gasteiger partial charge in [0.05, 0.1) is 6.33 Å². The fraction of sp³-hybridized carbons (Fsp3) is 0.667. The van der Waals surface area contributed by atoms with Gasteiger partial charge < -0.3 is 14.7 Å². The first-order valence-corrected chi connectivity index (χ1v) is 6.01. The quantitative estimate of drug-likeness (QED) is 0.736. The number of aromatic amines is 1. The fourth-order valence-corrected chi connectivity index (χ4v) is 2.37. The van der Waals surface area contributed by atoms with Gasteiger partial charge in [0, 0.05) is 31.4 Å². The van der Waals surface area contributed by atoms with E-state index in [1.54, 1.807) is 6.33 Å². The molecule has 1 N–H and O–H groups in total. The van der Waals surface area contributed by atoms with Crippen LogP contribution in [0.4, 0.5) is 0 Å². The van der Waals surface area contributed by atoms with Crippen LogP contribution < -0.4 is 0 Å². The van der Waals surface area contributed by atoms with Crippen molar-refractivity contribution in [3.8, 4) is 0 Å². The van der Waals surface area contributed by atoms with Gasteiger partial charge in [-0.3, -0.25) is 0 Å². The summed E-state index contributed by atoms with van der Waals surface area (Å²) in [4.78, 5) is 19.8. The highest BCUT2D eigenvalue weighted by atomic mass is 16.1. The Morgan fingerprint density at radius 1 is 1.62 bits per heavy atom. The summed E-state index contributed by atoms with van der Waals surface area (Å²) in [5.74, 6) is 0.787. The van der Waals surface area contributed by atoms with Crippen molar-refractivity contribution in [1.29, 1.82) is 0 Å². The Morgan fingerprint density at radius 2 is 2.56 bits per heavy atom. The number of carbonyl (C=O) groups is 1. The first kappa shape index (κ1) is 11.3. The van der Waals surface area contributed by atoms with Crippen LogP contribution in [0, 0.1) is 5.92 Å². The van der Waals surface area contributed by atoms with Crippen LogP contribution in [0.15, 0.2) is 12.5 Å². The van der Waals surface area contributed by atoms with Crippen LogP contribution in [0.25, 0.3) is 0 Å². The molecule has 4 nitrogen and oxygen atoms in total. The van der Waals surface area contributed by atoms with Gasteiger partial charge in [-0.2, -0.15) is 0 Å². The number of hydrogen-bond acceptors (Lipinski definition) is 3. The first-order valence-electron chi connectivity index (χ1n) is 6.01. The van der Waals surface area contributed by atoms with E-state index in [9.17, 15) is 4.79 Å². The molecule has 0 saturated carbocycles. The van der Waals surface area contributed by atoms with E-state index in [0.717, 1.165) is 38.3 Å². The van der Waals surface area contributed by atoms with E-state index in [1.165, 1.54) is 18.5 Å². The molecule has 2 heterocycles. The molecule has 0 aromatic carbocycles. The zero-order valence-electron chi connectivity index (χ0n) is 9.56. The Labute approximate surface area is 96.1 Å². The van der Waals surface area contributed by atoms with Gasteiger partial charge >= 0.3 is 0 Å². The lowest BCUT2D eigenvalue weighted by molar-refractivity contribution is -0.108. The molecule has 0 radical (unpaired) electrons. The average molecular weight is 221 g/mol. The predicted octanol–water partition coefficient (Wildman–Crippen LogP) is 1.25. The highest BCUT2D eigenvalue weighted by molar-refractivity contribution is 5.49. The summed E-state index contributed by atoms with van der Waals surface area (Å²) in [6, 6.07) is 0. The Balaban J connectivity index is 1.66. The number of imidazole rings is 1. The van der Waals surface area contributed by atoms with Gasteiger partial charge in [0.2, 0.25) is 0 Å². The van der Waals surface area contributed by atoms with Crippen LogP contribution in [-0.2, 0) is 11.2 Å². The molecule has 1 atom stereocenters. The summed E-state index contributed by atoms with van der Waals surface area (Å²) in [5.41, 5.74) is 1.23. The molecule has 1 fully saturated rings. The van der Waals surface area contributed by atoms with Crippen LogP contribution in [0.3, 0.4) is 0 Å². The van der Waals surface area contributed by atoms with Gasteiger partial charge in [0.1, 0.15) is 6.29 Å². The highest BCUT2D eigenvalue weighted by Gasteiger charge is 2.21. The van der Waals surface area contributed by atoms with Crippen molar-refractivity contribution in [2.75, 3.05) is 19.6 Å². The van der Waals surface area contributed by atoms with Gasteiger partial charge in [-0.05, 0) is 31.7 Å². The Kier molecular flexibility index (Phi) is 4.10. The molecule has 2 rings (SSSR count). The molecule has 1 aliphatic heterocycles. The number of hydrogen-bond donors (Lipinski definition) is 1. The van der Waals surface area contributed by atoms with E-state index in [-0.39, 0.29) is 0 Å². The van der Waals surface area contributed by atoms with Crippen molar-refractivity contribution in [2.45, 2.75) is 25.7 Å². The van der Waals surface area contributed by atoms with Gasteiger partial charge in [0.15, 0.2) is 0 Å². The van der Waals surface area contributed by atoms with E-state index < -0.39 is 0 Å². The highest BCUT2D eigenvalue weighted by Crippen LogP contribution is 2.20. The van der Waals surface area contributed by atoms with E-state index in [0.29, 0.717) is 6.42 Å². The maximum Gasteiger partial charge on any atom is 0.121 e. The first-order chi connectivity index (χ1) is 7.88. The number of rotatable bonds is 6. The third-order valence-corrected chi connectivity index (χ3v) is 3.31. The number of nitrogens with zero attached hydrogens (tertiary/aromatic N) is 2. The molecule has 4 heteroatoms. The smallest absolute Gasteiger partial charge is 0.121 e. The van der Waals surface area contributed by atoms with E-state index in [1.807, 2.05) is 6.20 Å². The Morgan fingerprint density at radius 3 is 3.31 bits per heavy atom. The Bertz CT molecular complexity index is 310. The minimum atomic E-state index is 0.674. The minimum Gasteiger partial charge on any atom is -0.348 e. The molecule has 1 saturated heterocycles. The van der Waals surface area contributed by atoms with Crippen molar-refractivity contribution >= 4 is 6.29 Å². The standard InChI is InChI=1S/C12H19N3O/c16-7-1-5-15-6-4-11(9-15)2-3-12-8-13-10-14-12/h7-8,10-11H,1-6,9H2,(H,13,14). The largest absolute Gasteiger partial charge is 0.348 e. The number of aldehydes is 1. The van der Waals surface area contributed by atoms with Crippen molar-refractivity contribution in [3.63, 3.8) is 0 Å². The zero-order chi connectivity index (χ0) is 11.2. The van der Waals surface area contributed by atoms with Gasteiger partial charge in [0.25, 0.3) is 0 Å². The predicted molar refractivity (Wildman–Crippen MR) is 62.1 cm³/mol. The van der Waals surface area contributed by atoms with Gasteiger partial charge in [-0.15, -0.1) is 0 Å². The third kappa shape index (κ3) is 3.17. The Hall–Kier alpha value is -1.16. The number of likely N-dealkylation sites (tertiary alicyclic amines) is 1. The summed E-state index contributed by atoms with van der Waals surface area (Å²) < 4.78 is 0. The van der Waals surface area contributed by atoms with E-state index in [4.69, 9.17) is 0 Å².